The number of nitrogens with two attached hydrogens (primary N) is 2. The molecule has 30 aliphatic heterocycles. The largest absolute Gasteiger partial charge is 0.542 e. The summed E-state index contributed by atoms with van der Waals surface area (Å²) in [6, 6.07) is 0. The Labute approximate surface area is 822 Å². The zero-order valence-corrected chi connectivity index (χ0v) is 88.4. The van der Waals surface area contributed by atoms with Gasteiger partial charge in [-0.3, -0.25) is 6.29 Å². The zero-order chi connectivity index (χ0) is 96.7. The van der Waals surface area contributed by atoms with Crippen LogP contribution >= 0.6 is 11.8 Å². The number of thioether (sulfide) groups is 1. The summed E-state index contributed by atoms with van der Waals surface area (Å²) in [7, 11) is 3.92. The number of hydrogen-bond donors (Lipinski definition) is 19. The molecule has 0 aliphatic carbocycles. The van der Waals surface area contributed by atoms with Crippen LogP contribution in [-0.4, -0.2) is 374 Å². The Kier molecular flexibility index (Phi) is 80.7. The SMILES string of the molecule is C=C(N)CC.C=C(N)CC.CC.CC.CC.CC.CCC1OC2OC3C(CC)OC(OC4C(CC)OC(OC5C(CC)OC(OC6C(CC)OC(OC7C(CC)OC(OC8C(CC)OC(OC9C(CC)OC(OC1C(O)C2O)C(O)C9O)C(O)C8O)C(O)C7O)C(OCCCSCCCCC[C-]=O)C6O)C(O)C5O)C(O)C4O)C(O)C3O.CCCNC.CCCNC.[CH3-].[CH3-].[CH3-].[CH3-].[Y]. The standard InChI is InChI=1S/C65H111O33S.2C4H11N.2C4H9N.4C2H6.4CH3.Y/c1-9-26-49-34(67)41(74)58(83-26)91-50-27(10-2)84-60(42(75)35(50)68)93-52-29(12-4)86-62(44(77)37(52)70)95-54-31(14-6)88-64(46(79)39(54)72)97-56-33(16-8)90-65(57(48(56)81)82-23-21-25-99-24-20-18-17-19-22-66)98-55-32(15-7)89-63(47(80)40(55)73)96-53-30(13-5)87-61(45(78)38(53)71)94-51-28(11-3)85-59(92-49)43(76)36(51)69;2*1-3-4-5-2;2*1-3-4(2)5;4*1-2;;;;;/h26-65,67-81H,9-21,23-25H2,1-8H3;2*5H,3-4H2,1-2H3;2*2-3,5H2,1H3;4*1-2H3;4*1H3;/q-1;;;;;;;;;4*-1;. The van der Waals surface area contributed by atoms with Crippen molar-refractivity contribution in [3.63, 3.8) is 0 Å². The van der Waals surface area contributed by atoms with Gasteiger partial charge in [-0.15, -0.1) is 0 Å². The predicted octanol–water partition coefficient (Wildman–Crippen LogP) is 5.63. The number of nitrogens with one attached hydrogen (secondary N) is 2. The van der Waals surface area contributed by atoms with Crippen LogP contribution in [0.5, 0.6) is 0 Å². The van der Waals surface area contributed by atoms with Gasteiger partial charge in [0.05, 0.1) is 48.8 Å². The summed E-state index contributed by atoms with van der Waals surface area (Å²) in [5.41, 5.74) is 11.7. The number of unbranched alkanes of at least 4 members (excludes halogenated alkanes) is 3. The molecular weight excluding hydrogens is 1820 g/mol. The fourth-order valence-corrected chi connectivity index (χ4v) is 16.0. The van der Waals surface area contributed by atoms with Gasteiger partial charge in [0.25, 0.3) is 0 Å². The van der Waals surface area contributed by atoms with Crippen LogP contribution in [0.4, 0.5) is 0 Å². The second-order valence-corrected chi connectivity index (χ2v) is 32.5. The molecule has 1 radical (unpaired) electrons. The first-order chi connectivity index (χ1) is 60.8. The molecule has 0 spiro atoms. The Morgan fingerprint density at radius 1 is 0.311 bits per heavy atom. The summed E-state index contributed by atoms with van der Waals surface area (Å²) in [4.78, 5) is 10.7. The van der Waals surface area contributed by atoms with E-state index in [1.54, 1.807) is 67.2 Å². The van der Waals surface area contributed by atoms with Crippen LogP contribution in [0, 0.1) is 29.7 Å². The fraction of sp³-hybridized carbons (Fsp3) is 0.903. The van der Waals surface area contributed by atoms with Crippen LogP contribution in [0.25, 0.3) is 0 Å². The molecular formula is C93H187N4O33SY-5. The quantitative estimate of drug-likeness (QED) is 0.0389. The topological polar surface area (TPSA) is 554 Å². The molecule has 16 bridgehead atoms. The van der Waals surface area contributed by atoms with Gasteiger partial charge in [0.2, 0.25) is 0 Å². The summed E-state index contributed by atoms with van der Waals surface area (Å²) in [6.07, 6.45) is -52.9. The Balaban J connectivity index is -0.00000144. The van der Waals surface area contributed by atoms with E-state index >= 15 is 0 Å². The summed E-state index contributed by atoms with van der Waals surface area (Å²) in [5.74, 6) is 1.46. The fourth-order valence-electron chi connectivity index (χ4n) is 15.1. The third-order valence-electron chi connectivity index (χ3n) is 22.4. The molecule has 132 heavy (non-hydrogen) atoms. The van der Waals surface area contributed by atoms with Crippen LogP contribution in [0.3, 0.4) is 0 Å². The summed E-state index contributed by atoms with van der Waals surface area (Å²) in [5, 5.41) is 184. The molecule has 0 aromatic rings. The van der Waals surface area contributed by atoms with Crippen LogP contribution in [0.2, 0.25) is 0 Å². The monoisotopic (exact) mass is 2010 g/mol. The average molecular weight is 2010 g/mol. The number of ether oxygens (including phenoxy) is 17. The summed E-state index contributed by atoms with van der Waals surface area (Å²) < 4.78 is 107. The molecule has 21 N–H and O–H groups in total. The Morgan fingerprint density at radius 3 is 0.674 bits per heavy atom. The first-order valence-electron chi connectivity index (χ1n) is 47.2. The summed E-state index contributed by atoms with van der Waals surface area (Å²) in [6.45, 7) is 46.9. The molecule has 0 aromatic carbocycles. The number of allylic oxidation sites excluding steroid dienone is 2. The Hall–Kier alpha value is -1.16. The van der Waals surface area contributed by atoms with E-state index in [4.69, 9.17) is 92.0 Å². The van der Waals surface area contributed by atoms with E-state index in [-0.39, 0.29) is 120 Å². The van der Waals surface area contributed by atoms with E-state index in [1.807, 2.05) is 89.6 Å². The van der Waals surface area contributed by atoms with E-state index in [9.17, 15) is 81.4 Å². The molecule has 30 heterocycles. The predicted molar refractivity (Wildman–Crippen MR) is 503 cm³/mol. The van der Waals surface area contributed by atoms with Gasteiger partial charge in [-0.2, -0.15) is 18.2 Å². The normalized spacial score (nSPS) is 39.2. The van der Waals surface area contributed by atoms with Gasteiger partial charge in [0, 0.05) is 50.7 Å². The molecule has 0 amide bonds. The van der Waals surface area contributed by atoms with Gasteiger partial charge < -0.3 is 214 Å². The number of aliphatic hydroxyl groups is 15. The van der Waals surface area contributed by atoms with Gasteiger partial charge in [0.1, 0.15) is 146 Å². The minimum absolute atomic E-state index is 0. The minimum Gasteiger partial charge on any atom is -0.542 e. The maximum atomic E-state index is 12.5. The first-order valence-corrected chi connectivity index (χ1v) is 48.3. The molecule has 0 aromatic heterocycles. The molecule has 37 nitrogen and oxygen atoms in total. The van der Waals surface area contributed by atoms with Crippen molar-refractivity contribution in [3.05, 3.63) is 54.3 Å². The molecule has 0 saturated carbocycles. The Bertz CT molecular complexity index is 2740. The summed E-state index contributed by atoms with van der Waals surface area (Å²) >= 11 is 1.67. The van der Waals surface area contributed by atoms with E-state index in [0.717, 1.165) is 62.3 Å². The van der Waals surface area contributed by atoms with Crippen molar-refractivity contribution in [1.29, 1.82) is 0 Å². The van der Waals surface area contributed by atoms with E-state index in [2.05, 4.69) is 37.6 Å². The smallest absolute Gasteiger partial charge is 0.187 e. The van der Waals surface area contributed by atoms with Gasteiger partial charge in [0.15, 0.2) is 50.3 Å². The second-order valence-electron chi connectivity index (χ2n) is 31.3. The van der Waals surface area contributed by atoms with Crippen molar-refractivity contribution in [2.24, 2.45) is 11.5 Å². The van der Waals surface area contributed by atoms with Crippen LogP contribution in [0.15, 0.2) is 24.6 Å². The molecule has 30 rings (SSSR count). The third-order valence-corrected chi connectivity index (χ3v) is 23.5. The Morgan fingerprint density at radius 2 is 0.500 bits per heavy atom. The van der Waals surface area contributed by atoms with E-state index in [0.29, 0.717) is 18.6 Å². The van der Waals surface area contributed by atoms with Crippen LogP contribution < -0.4 is 22.1 Å². The number of carbonyl (C=O) groups excluding carboxylic acids is 1. The van der Waals surface area contributed by atoms with Gasteiger partial charge in [-0.05, 0) is 129 Å². The zero-order valence-electron chi connectivity index (χ0n) is 84.8. The van der Waals surface area contributed by atoms with E-state index < -0.39 is 246 Å². The minimum atomic E-state index is -1.93. The molecule has 40 atom stereocenters. The van der Waals surface area contributed by atoms with Crippen LogP contribution in [-0.2, 0) is 118 Å². The maximum absolute atomic E-state index is 12.5. The maximum Gasteiger partial charge on any atom is 0.187 e. The number of rotatable bonds is 25. The van der Waals surface area contributed by atoms with Crippen LogP contribution in [0.1, 0.15) is 248 Å². The molecule has 30 saturated heterocycles. The third kappa shape index (κ3) is 40.9. The van der Waals surface area contributed by atoms with Crippen molar-refractivity contribution in [2.75, 3.05) is 45.3 Å². The van der Waals surface area contributed by atoms with Crippen molar-refractivity contribution >= 4 is 18.0 Å². The van der Waals surface area contributed by atoms with Crippen molar-refractivity contribution in [1.82, 2.24) is 10.6 Å². The first kappa shape index (κ1) is 139. The van der Waals surface area contributed by atoms with Crippen molar-refractivity contribution in [3.8, 4) is 0 Å². The van der Waals surface area contributed by atoms with Crippen molar-refractivity contribution in [2.45, 2.75) is 493 Å². The molecule has 40 unspecified atom stereocenters. The average Bonchev–Trinajstić information content (AvgIpc) is 0.768. The molecule has 791 valence electrons. The molecule has 39 heteroatoms. The van der Waals surface area contributed by atoms with Gasteiger partial charge >= 0.3 is 0 Å². The number of aliphatic hydroxyl groups excluding tert-OH is 15. The number of hydrogen-bond acceptors (Lipinski definition) is 38. The van der Waals surface area contributed by atoms with E-state index in [1.165, 1.54) is 12.8 Å². The van der Waals surface area contributed by atoms with Gasteiger partial charge in [-0.1, -0.05) is 164 Å². The molecule has 30 fully saturated rings. The second kappa shape index (κ2) is 76.5. The molecule has 30 aliphatic rings. The van der Waals surface area contributed by atoms with Gasteiger partial charge in [-0.25, -0.2) is 0 Å². The van der Waals surface area contributed by atoms with Crippen molar-refractivity contribution < 1.29 is 195 Å².